The molecule has 2 aromatic rings. The summed E-state index contributed by atoms with van der Waals surface area (Å²) in [6, 6.07) is 9.92. The van der Waals surface area contributed by atoms with Gasteiger partial charge in [-0.2, -0.15) is 13.2 Å². The Morgan fingerprint density at radius 3 is 2.41 bits per heavy atom. The predicted molar refractivity (Wildman–Crippen MR) is 95.0 cm³/mol. The zero-order chi connectivity index (χ0) is 19.0. The zero-order valence-corrected chi connectivity index (χ0v) is 14.8. The molecule has 142 valence electrons. The van der Waals surface area contributed by atoms with E-state index >= 15 is 0 Å². The number of hydrogen-bond acceptors (Lipinski definition) is 2. The third-order valence-corrected chi connectivity index (χ3v) is 5.42. The van der Waals surface area contributed by atoms with Gasteiger partial charge in [0.25, 0.3) is 0 Å². The van der Waals surface area contributed by atoms with E-state index in [4.69, 9.17) is 0 Å². The van der Waals surface area contributed by atoms with Gasteiger partial charge in [-0.3, -0.25) is 9.88 Å². The minimum Gasteiger partial charge on any atom is -0.289 e. The van der Waals surface area contributed by atoms with Crippen LogP contribution in [0.3, 0.4) is 0 Å². The van der Waals surface area contributed by atoms with Crippen molar-refractivity contribution in [3.05, 3.63) is 70.8 Å². The zero-order valence-electron chi connectivity index (χ0n) is 14.8. The molecule has 0 saturated heterocycles. The summed E-state index contributed by atoms with van der Waals surface area (Å²) in [5.41, 5.74) is 4.35. The van der Waals surface area contributed by atoms with Crippen LogP contribution in [0, 0.1) is 11.7 Å². The summed E-state index contributed by atoms with van der Waals surface area (Å²) in [6.45, 7) is 2.22. The van der Waals surface area contributed by atoms with Crippen molar-refractivity contribution in [2.75, 3.05) is 0 Å². The number of alkyl halides is 3. The normalized spacial score (nSPS) is 20.4. The van der Waals surface area contributed by atoms with Gasteiger partial charge >= 0.3 is 6.18 Å². The Kier molecular flexibility index (Phi) is 4.76. The van der Waals surface area contributed by atoms with Gasteiger partial charge in [-0.25, -0.2) is 4.39 Å². The molecule has 0 radical (unpaired) electrons. The molecule has 1 aliphatic carbocycles. The molecule has 6 heteroatoms. The first-order chi connectivity index (χ1) is 12.9. The van der Waals surface area contributed by atoms with Gasteiger partial charge in [-0.05, 0) is 42.0 Å². The fourth-order valence-electron chi connectivity index (χ4n) is 3.94. The maximum absolute atomic E-state index is 14.3. The number of nitrogens with zero attached hydrogens (tertiary/aromatic N) is 2. The molecule has 2 heterocycles. The number of rotatable bonds is 3. The number of aromatic nitrogens is 1. The van der Waals surface area contributed by atoms with Crippen LogP contribution in [-0.4, -0.2) is 16.1 Å². The smallest absolute Gasteiger partial charge is 0.289 e. The highest BCUT2D eigenvalue weighted by atomic mass is 19.4. The lowest BCUT2D eigenvalue weighted by molar-refractivity contribution is -0.175. The maximum atomic E-state index is 14.3. The lowest BCUT2D eigenvalue weighted by atomic mass is 9.86. The fraction of sp³-hybridized carbons (Fsp3) is 0.381. The summed E-state index contributed by atoms with van der Waals surface area (Å²) >= 11 is 0. The monoisotopic (exact) mass is 376 g/mol. The number of hydrogen-bond donors (Lipinski definition) is 0. The molecule has 0 bridgehead atoms. The maximum Gasteiger partial charge on any atom is 0.392 e. The van der Waals surface area contributed by atoms with Crippen molar-refractivity contribution in [1.29, 1.82) is 0 Å². The first-order valence-electron chi connectivity index (χ1n) is 9.10. The summed E-state index contributed by atoms with van der Waals surface area (Å²) in [6.07, 6.45) is -1.31. The third kappa shape index (κ3) is 3.90. The van der Waals surface area contributed by atoms with Gasteiger partial charge < -0.3 is 0 Å². The van der Waals surface area contributed by atoms with Crippen molar-refractivity contribution >= 4 is 5.57 Å². The summed E-state index contributed by atoms with van der Waals surface area (Å²) in [5, 5.41) is 0. The SMILES string of the molecule is Fc1cnc(CN2Cc3ccccc3C2)cc1C1=CCC(C(F)(F)F)CC1. The molecule has 1 aromatic carbocycles. The molecule has 0 N–H and O–H groups in total. The first-order valence-corrected chi connectivity index (χ1v) is 9.10. The quantitative estimate of drug-likeness (QED) is 0.659. The van der Waals surface area contributed by atoms with Crippen molar-refractivity contribution in [1.82, 2.24) is 9.88 Å². The van der Waals surface area contributed by atoms with Gasteiger partial charge in [0.2, 0.25) is 0 Å². The molecule has 27 heavy (non-hydrogen) atoms. The highest BCUT2D eigenvalue weighted by Crippen LogP contribution is 2.39. The summed E-state index contributed by atoms with van der Waals surface area (Å²) in [7, 11) is 0. The molecule has 2 nitrogen and oxygen atoms in total. The van der Waals surface area contributed by atoms with E-state index in [-0.39, 0.29) is 19.3 Å². The summed E-state index contributed by atoms with van der Waals surface area (Å²) in [4.78, 5) is 6.42. The molecule has 1 aromatic heterocycles. The van der Waals surface area contributed by atoms with Crippen molar-refractivity contribution in [2.24, 2.45) is 5.92 Å². The molecule has 1 unspecified atom stereocenters. The summed E-state index contributed by atoms with van der Waals surface area (Å²) < 4.78 is 52.8. The Bertz CT molecular complexity index is 848. The van der Waals surface area contributed by atoms with E-state index in [1.807, 2.05) is 12.1 Å². The van der Waals surface area contributed by atoms with Crippen LogP contribution >= 0.6 is 0 Å². The van der Waals surface area contributed by atoms with Crippen LogP contribution in [0.15, 0.2) is 42.6 Å². The van der Waals surface area contributed by atoms with Gasteiger partial charge in [-0.1, -0.05) is 30.3 Å². The first kappa shape index (κ1) is 18.2. The minimum absolute atomic E-state index is 0.00780. The average Bonchev–Trinajstić information content (AvgIpc) is 3.05. The number of pyridine rings is 1. The molecule has 0 spiro atoms. The molecular weight excluding hydrogens is 356 g/mol. The van der Waals surface area contributed by atoms with E-state index in [9.17, 15) is 17.6 Å². The van der Waals surface area contributed by atoms with Crippen molar-refractivity contribution < 1.29 is 17.6 Å². The van der Waals surface area contributed by atoms with Crippen molar-refractivity contribution in [2.45, 2.75) is 45.1 Å². The Balaban J connectivity index is 1.49. The number of fused-ring (bicyclic) bond motifs is 1. The van der Waals surface area contributed by atoms with E-state index in [1.54, 1.807) is 6.07 Å². The van der Waals surface area contributed by atoms with E-state index in [0.717, 1.165) is 18.8 Å². The van der Waals surface area contributed by atoms with E-state index in [1.165, 1.54) is 23.4 Å². The second-order valence-corrected chi connectivity index (χ2v) is 7.31. The van der Waals surface area contributed by atoms with Gasteiger partial charge in [-0.15, -0.1) is 0 Å². The van der Waals surface area contributed by atoms with Crippen molar-refractivity contribution in [3.8, 4) is 0 Å². The molecule has 1 aliphatic heterocycles. The second kappa shape index (κ2) is 7.08. The lowest BCUT2D eigenvalue weighted by Crippen LogP contribution is -2.24. The van der Waals surface area contributed by atoms with Gasteiger partial charge in [0.1, 0.15) is 5.82 Å². The Morgan fingerprint density at radius 1 is 1.11 bits per heavy atom. The van der Waals surface area contributed by atoms with Crippen LogP contribution in [-0.2, 0) is 19.6 Å². The second-order valence-electron chi connectivity index (χ2n) is 7.31. The van der Waals surface area contributed by atoms with Crippen molar-refractivity contribution in [3.63, 3.8) is 0 Å². The van der Waals surface area contributed by atoms with E-state index in [2.05, 4.69) is 22.0 Å². The van der Waals surface area contributed by atoms with Crippen LogP contribution in [0.1, 0.15) is 41.6 Å². The Morgan fingerprint density at radius 2 is 1.81 bits per heavy atom. The molecular formula is C21H20F4N2. The molecule has 0 fully saturated rings. The summed E-state index contributed by atoms with van der Waals surface area (Å²) in [5.74, 6) is -1.80. The van der Waals surface area contributed by atoms with Gasteiger partial charge in [0.05, 0.1) is 17.8 Å². The molecule has 2 aliphatic rings. The Hall–Kier alpha value is -2.21. The average molecular weight is 376 g/mol. The van der Waals surface area contributed by atoms with Gasteiger partial charge in [0, 0.05) is 25.2 Å². The van der Waals surface area contributed by atoms with Crippen LogP contribution in [0.25, 0.3) is 5.57 Å². The highest BCUT2D eigenvalue weighted by Gasteiger charge is 2.39. The number of halogens is 4. The molecule has 0 amide bonds. The van der Waals surface area contributed by atoms with Crippen LogP contribution < -0.4 is 0 Å². The minimum atomic E-state index is -4.19. The lowest BCUT2D eigenvalue weighted by Gasteiger charge is -2.24. The predicted octanol–water partition coefficient (Wildman–Crippen LogP) is 5.48. The standard InChI is InChI=1S/C21H20F4N2/c22-20-10-26-18(13-27-11-15-3-1-2-4-16(15)12-27)9-19(20)14-5-7-17(8-6-14)21(23,24)25/h1-5,9-10,17H,6-8,11-13H2. The number of benzene rings is 1. The fourth-order valence-corrected chi connectivity index (χ4v) is 3.94. The Labute approximate surface area is 155 Å². The number of allylic oxidation sites excluding steroid dienone is 2. The third-order valence-electron chi connectivity index (χ3n) is 5.42. The largest absolute Gasteiger partial charge is 0.392 e. The van der Waals surface area contributed by atoms with Crippen LogP contribution in [0.5, 0.6) is 0 Å². The van der Waals surface area contributed by atoms with Crippen LogP contribution in [0.4, 0.5) is 17.6 Å². The topological polar surface area (TPSA) is 16.1 Å². The van der Waals surface area contributed by atoms with Gasteiger partial charge in [0.15, 0.2) is 0 Å². The highest BCUT2D eigenvalue weighted by molar-refractivity contribution is 5.66. The molecule has 4 rings (SSSR count). The van der Waals surface area contributed by atoms with E-state index in [0.29, 0.717) is 17.7 Å². The van der Waals surface area contributed by atoms with Crippen LogP contribution in [0.2, 0.25) is 0 Å². The van der Waals surface area contributed by atoms with E-state index < -0.39 is 17.9 Å². The molecule has 0 saturated carbocycles. The molecule has 1 atom stereocenters.